The van der Waals surface area contributed by atoms with Gasteiger partial charge in [-0.15, -0.1) is 11.3 Å². The van der Waals surface area contributed by atoms with Crippen LogP contribution in [0.2, 0.25) is 0 Å². The predicted molar refractivity (Wildman–Crippen MR) is 121 cm³/mol. The van der Waals surface area contributed by atoms with Gasteiger partial charge in [-0.05, 0) is 48.4 Å². The van der Waals surface area contributed by atoms with Crippen molar-refractivity contribution < 1.29 is 17.9 Å². The summed E-state index contributed by atoms with van der Waals surface area (Å²) in [6, 6.07) is 15.4. The molecule has 1 heterocycles. The van der Waals surface area contributed by atoms with Crippen LogP contribution in [-0.2, 0) is 22.9 Å². The Hall–Kier alpha value is -2.42. The average molecular weight is 447 g/mol. The third-order valence-electron chi connectivity index (χ3n) is 4.54. The molecule has 8 heteroatoms. The number of hydrogen-bond acceptors (Lipinski definition) is 6. The molecule has 0 unspecified atom stereocenters. The number of rotatable bonds is 11. The Labute approximate surface area is 181 Å². The molecule has 6 nitrogen and oxygen atoms in total. The zero-order valence-electron chi connectivity index (χ0n) is 17.1. The van der Waals surface area contributed by atoms with E-state index < -0.39 is 10.0 Å². The molecular formula is C22H26N2O4S2. The summed E-state index contributed by atoms with van der Waals surface area (Å²) in [6.45, 7) is 2.50. The van der Waals surface area contributed by atoms with Crippen LogP contribution in [0, 0.1) is 0 Å². The van der Waals surface area contributed by atoms with Gasteiger partial charge in [-0.2, -0.15) is 0 Å². The van der Waals surface area contributed by atoms with Crippen molar-refractivity contribution >= 4 is 21.4 Å². The third kappa shape index (κ3) is 6.55. The van der Waals surface area contributed by atoms with Gasteiger partial charge in [0.1, 0.15) is 23.1 Å². The van der Waals surface area contributed by atoms with E-state index in [1.807, 2.05) is 53.9 Å². The van der Waals surface area contributed by atoms with Gasteiger partial charge in [0, 0.05) is 23.9 Å². The van der Waals surface area contributed by atoms with E-state index in [0.717, 1.165) is 28.4 Å². The Morgan fingerprint density at radius 1 is 1.03 bits per heavy atom. The molecular weight excluding hydrogens is 420 g/mol. The smallest absolute Gasteiger partial charge is 0.214 e. The van der Waals surface area contributed by atoms with Gasteiger partial charge in [-0.3, -0.25) is 0 Å². The first kappa shape index (κ1) is 22.3. The topological polar surface area (TPSA) is 77.5 Å². The normalized spacial score (nSPS) is 11.4. The Bertz CT molecular complexity index is 1030. The summed E-state index contributed by atoms with van der Waals surface area (Å²) in [7, 11) is -1.77. The van der Waals surface area contributed by atoms with E-state index in [1.54, 1.807) is 7.11 Å². The maximum Gasteiger partial charge on any atom is 0.214 e. The van der Waals surface area contributed by atoms with Gasteiger partial charge in [0.05, 0.1) is 18.6 Å². The molecule has 0 saturated carbocycles. The largest absolute Gasteiger partial charge is 0.497 e. The molecule has 0 saturated heterocycles. The molecule has 0 spiro atoms. The van der Waals surface area contributed by atoms with Crippen LogP contribution in [0.5, 0.6) is 11.5 Å². The standard InChI is InChI=1S/C22H26N2O4S2/c1-3-17-4-8-21(9-5-17)28-14-15-30(25,26)23-13-12-19-16-29-22(24-19)18-6-10-20(27-2)11-7-18/h4-11,16,23H,3,12-15H2,1-2H3. The molecule has 0 aliphatic carbocycles. The van der Waals surface area contributed by atoms with Crippen molar-refractivity contribution in [3.05, 3.63) is 65.2 Å². The highest BCUT2D eigenvalue weighted by Crippen LogP contribution is 2.25. The fraction of sp³-hybridized carbons (Fsp3) is 0.318. The lowest BCUT2D eigenvalue weighted by atomic mass is 10.2. The summed E-state index contributed by atoms with van der Waals surface area (Å²) in [5.74, 6) is 1.39. The van der Waals surface area contributed by atoms with Crippen LogP contribution in [0.1, 0.15) is 18.2 Å². The molecule has 2 aromatic carbocycles. The maximum absolute atomic E-state index is 12.2. The molecule has 30 heavy (non-hydrogen) atoms. The Balaban J connectivity index is 1.42. The maximum atomic E-state index is 12.2. The lowest BCUT2D eigenvalue weighted by molar-refractivity contribution is 0.340. The molecule has 0 bridgehead atoms. The molecule has 3 aromatic rings. The highest BCUT2D eigenvalue weighted by Gasteiger charge is 2.11. The Morgan fingerprint density at radius 3 is 2.40 bits per heavy atom. The minimum absolute atomic E-state index is 0.0866. The minimum Gasteiger partial charge on any atom is -0.497 e. The summed E-state index contributed by atoms with van der Waals surface area (Å²) in [4.78, 5) is 4.59. The summed E-state index contributed by atoms with van der Waals surface area (Å²) >= 11 is 1.54. The first-order valence-corrected chi connectivity index (χ1v) is 12.3. The van der Waals surface area contributed by atoms with Gasteiger partial charge < -0.3 is 9.47 Å². The number of nitrogens with one attached hydrogen (secondary N) is 1. The van der Waals surface area contributed by atoms with Crippen LogP contribution in [0.25, 0.3) is 10.6 Å². The second kappa shape index (κ2) is 10.6. The lowest BCUT2D eigenvalue weighted by Gasteiger charge is -2.08. The highest BCUT2D eigenvalue weighted by molar-refractivity contribution is 7.89. The fourth-order valence-electron chi connectivity index (χ4n) is 2.79. The fourth-order valence-corrected chi connectivity index (χ4v) is 4.51. The molecule has 0 amide bonds. The Kier molecular flexibility index (Phi) is 7.84. The minimum atomic E-state index is -3.40. The number of hydrogen-bond donors (Lipinski definition) is 1. The quantitative estimate of drug-likeness (QED) is 0.483. The van der Waals surface area contributed by atoms with E-state index >= 15 is 0 Å². The molecule has 0 fully saturated rings. The molecule has 0 aliphatic heterocycles. The zero-order chi connectivity index (χ0) is 21.4. The lowest BCUT2D eigenvalue weighted by Crippen LogP contribution is -2.30. The van der Waals surface area contributed by atoms with Crippen molar-refractivity contribution in [3.8, 4) is 22.1 Å². The van der Waals surface area contributed by atoms with Crippen molar-refractivity contribution in [2.24, 2.45) is 0 Å². The monoisotopic (exact) mass is 446 g/mol. The van der Waals surface area contributed by atoms with Gasteiger partial charge >= 0.3 is 0 Å². The number of benzene rings is 2. The second-order valence-electron chi connectivity index (χ2n) is 6.68. The van der Waals surface area contributed by atoms with Crippen LogP contribution >= 0.6 is 11.3 Å². The number of nitrogens with zero attached hydrogens (tertiary/aromatic N) is 1. The number of thiazole rings is 1. The first-order chi connectivity index (χ1) is 14.5. The molecule has 1 aromatic heterocycles. The predicted octanol–water partition coefficient (Wildman–Crippen LogP) is 3.92. The van der Waals surface area contributed by atoms with Crippen LogP contribution in [0.4, 0.5) is 0 Å². The zero-order valence-corrected chi connectivity index (χ0v) is 18.8. The van der Waals surface area contributed by atoms with Crippen LogP contribution in [0.15, 0.2) is 53.9 Å². The average Bonchev–Trinajstić information content (AvgIpc) is 3.23. The van der Waals surface area contributed by atoms with Crippen molar-refractivity contribution in [1.29, 1.82) is 0 Å². The summed E-state index contributed by atoms with van der Waals surface area (Å²) in [6.07, 6.45) is 1.49. The number of aryl methyl sites for hydroxylation is 1. The van der Waals surface area contributed by atoms with Gasteiger partial charge in [0.2, 0.25) is 10.0 Å². The van der Waals surface area contributed by atoms with Crippen molar-refractivity contribution in [2.75, 3.05) is 26.0 Å². The number of methoxy groups -OCH3 is 1. The Morgan fingerprint density at radius 2 is 1.73 bits per heavy atom. The second-order valence-corrected chi connectivity index (χ2v) is 9.47. The van der Waals surface area contributed by atoms with Gasteiger partial charge in [0.25, 0.3) is 0 Å². The van der Waals surface area contributed by atoms with Crippen LogP contribution < -0.4 is 14.2 Å². The third-order valence-corrected chi connectivity index (χ3v) is 6.83. The summed E-state index contributed by atoms with van der Waals surface area (Å²) < 4.78 is 37.7. The summed E-state index contributed by atoms with van der Waals surface area (Å²) in [5.41, 5.74) is 3.09. The van der Waals surface area contributed by atoms with Gasteiger partial charge in [-0.25, -0.2) is 18.1 Å². The SMILES string of the molecule is CCc1ccc(OCCS(=O)(=O)NCCc2csc(-c3ccc(OC)cc3)n2)cc1. The van der Waals surface area contributed by atoms with E-state index in [0.29, 0.717) is 18.7 Å². The molecule has 1 N–H and O–H groups in total. The first-order valence-electron chi connectivity index (χ1n) is 9.77. The molecule has 3 rings (SSSR count). The van der Waals surface area contributed by atoms with E-state index in [-0.39, 0.29) is 12.4 Å². The van der Waals surface area contributed by atoms with Crippen LogP contribution in [-0.4, -0.2) is 39.4 Å². The highest BCUT2D eigenvalue weighted by atomic mass is 32.2. The van der Waals surface area contributed by atoms with E-state index in [4.69, 9.17) is 9.47 Å². The van der Waals surface area contributed by atoms with E-state index in [1.165, 1.54) is 16.9 Å². The van der Waals surface area contributed by atoms with Crippen molar-refractivity contribution in [3.63, 3.8) is 0 Å². The number of ether oxygens (including phenoxy) is 2. The van der Waals surface area contributed by atoms with Crippen LogP contribution in [0.3, 0.4) is 0 Å². The molecule has 160 valence electrons. The van der Waals surface area contributed by atoms with Gasteiger partial charge in [-0.1, -0.05) is 19.1 Å². The van der Waals surface area contributed by atoms with Crippen molar-refractivity contribution in [2.45, 2.75) is 19.8 Å². The van der Waals surface area contributed by atoms with E-state index in [2.05, 4.69) is 16.6 Å². The van der Waals surface area contributed by atoms with Crippen molar-refractivity contribution in [1.82, 2.24) is 9.71 Å². The molecule has 0 atom stereocenters. The summed E-state index contributed by atoms with van der Waals surface area (Å²) in [5, 5.41) is 2.86. The van der Waals surface area contributed by atoms with Gasteiger partial charge in [0.15, 0.2) is 0 Å². The number of aromatic nitrogens is 1. The number of sulfonamides is 1. The van der Waals surface area contributed by atoms with E-state index in [9.17, 15) is 8.42 Å². The molecule has 0 radical (unpaired) electrons. The molecule has 0 aliphatic rings.